The minimum Gasteiger partial charge on any atom is -0.462 e. The Kier molecular flexibility index (Phi) is 6.95. The van der Waals surface area contributed by atoms with Gasteiger partial charge < -0.3 is 19.4 Å². The van der Waals surface area contributed by atoms with E-state index in [-0.39, 0.29) is 24.3 Å². The van der Waals surface area contributed by atoms with Crippen molar-refractivity contribution in [2.24, 2.45) is 5.92 Å². The van der Waals surface area contributed by atoms with Crippen molar-refractivity contribution in [3.8, 4) is 0 Å². The highest BCUT2D eigenvalue weighted by Crippen LogP contribution is 2.40. The third kappa shape index (κ3) is 4.88. The second-order valence-corrected chi connectivity index (χ2v) is 9.48. The van der Waals surface area contributed by atoms with Crippen LogP contribution >= 0.6 is 11.3 Å². The Labute approximate surface area is 191 Å². The molecule has 9 heteroatoms. The fourth-order valence-electron chi connectivity index (χ4n) is 4.29. The summed E-state index contributed by atoms with van der Waals surface area (Å²) in [4.78, 5) is 42.7. The summed E-state index contributed by atoms with van der Waals surface area (Å²) < 4.78 is 10.5. The van der Waals surface area contributed by atoms with E-state index in [9.17, 15) is 14.4 Å². The van der Waals surface area contributed by atoms with Crippen molar-refractivity contribution in [1.29, 1.82) is 0 Å². The topological polar surface area (TPSA) is 92.1 Å². The van der Waals surface area contributed by atoms with E-state index in [1.165, 1.54) is 22.5 Å². The number of nitrogens with one attached hydrogen (secondary N) is 1. The van der Waals surface area contributed by atoms with Gasteiger partial charge >= 0.3 is 5.97 Å². The first-order valence-corrected chi connectivity index (χ1v) is 11.9. The molecule has 0 saturated carbocycles. The maximum atomic E-state index is 12.8. The molecule has 3 heterocycles. The molecular formula is C23H29N3O5S. The number of fused-ring (bicyclic) bond motifs is 1. The lowest BCUT2D eigenvalue weighted by atomic mass is 9.88. The number of thiophene rings is 1. The van der Waals surface area contributed by atoms with Crippen LogP contribution in [-0.2, 0) is 22.4 Å². The third-order valence-corrected chi connectivity index (χ3v) is 7.17. The minimum atomic E-state index is -0.361. The molecule has 0 bridgehead atoms. The van der Waals surface area contributed by atoms with Gasteiger partial charge in [-0.3, -0.25) is 14.5 Å². The van der Waals surface area contributed by atoms with E-state index < -0.39 is 0 Å². The summed E-state index contributed by atoms with van der Waals surface area (Å²) >= 11 is 1.50. The van der Waals surface area contributed by atoms with E-state index in [0.29, 0.717) is 55.0 Å². The normalized spacial score (nSPS) is 18.8. The van der Waals surface area contributed by atoms with Crippen molar-refractivity contribution in [2.75, 3.05) is 44.6 Å². The second kappa shape index (κ2) is 9.87. The first-order valence-electron chi connectivity index (χ1n) is 11.1. The zero-order valence-electron chi connectivity index (χ0n) is 18.5. The summed E-state index contributed by atoms with van der Waals surface area (Å²) in [6.07, 6.45) is 4.28. The Balaban J connectivity index is 1.37. The minimum absolute atomic E-state index is 0.128. The Morgan fingerprint density at radius 1 is 1.25 bits per heavy atom. The van der Waals surface area contributed by atoms with E-state index in [2.05, 4.69) is 12.2 Å². The molecule has 2 amide bonds. The monoisotopic (exact) mass is 459 g/mol. The number of rotatable bonds is 6. The van der Waals surface area contributed by atoms with Crippen LogP contribution in [-0.4, -0.2) is 66.9 Å². The van der Waals surface area contributed by atoms with Gasteiger partial charge in [-0.15, -0.1) is 11.3 Å². The number of hydrogen-bond acceptors (Lipinski definition) is 7. The van der Waals surface area contributed by atoms with Crippen LogP contribution in [0, 0.1) is 5.92 Å². The average Bonchev–Trinajstić information content (AvgIpc) is 3.41. The van der Waals surface area contributed by atoms with Crippen LogP contribution in [0.4, 0.5) is 5.00 Å². The van der Waals surface area contributed by atoms with Crippen molar-refractivity contribution >= 4 is 34.1 Å². The zero-order chi connectivity index (χ0) is 22.7. The summed E-state index contributed by atoms with van der Waals surface area (Å²) in [5.74, 6) is 0.253. The molecule has 1 fully saturated rings. The summed E-state index contributed by atoms with van der Waals surface area (Å²) in [6, 6.07) is 3.35. The highest BCUT2D eigenvalue weighted by atomic mass is 32.1. The molecule has 1 saturated heterocycles. The number of ether oxygens (including phenoxy) is 1. The van der Waals surface area contributed by atoms with Crippen molar-refractivity contribution < 1.29 is 23.5 Å². The van der Waals surface area contributed by atoms with Crippen molar-refractivity contribution in [3.05, 3.63) is 40.2 Å². The van der Waals surface area contributed by atoms with Crippen LogP contribution in [0.25, 0.3) is 0 Å². The maximum Gasteiger partial charge on any atom is 0.341 e. The number of amides is 2. The number of carbonyl (C=O) groups is 3. The first-order chi connectivity index (χ1) is 15.5. The summed E-state index contributed by atoms with van der Waals surface area (Å²) in [5.41, 5.74) is 1.56. The molecule has 4 rings (SSSR count). The second-order valence-electron chi connectivity index (χ2n) is 8.37. The standard InChI is InChI=1S/C23H29N3O5S/c1-3-30-23(29)20-16-7-6-15(2)13-18(16)32-21(20)24-19(27)14-25-8-10-26(11-9-25)22(28)17-5-4-12-31-17/h4-5,12,15H,3,6-11,13-14H2,1-2H3,(H,24,27). The molecule has 172 valence electrons. The molecule has 0 spiro atoms. The van der Waals surface area contributed by atoms with Gasteiger partial charge in [0.05, 0.1) is 25.0 Å². The van der Waals surface area contributed by atoms with E-state index in [1.54, 1.807) is 24.0 Å². The van der Waals surface area contributed by atoms with Gasteiger partial charge in [0.25, 0.3) is 5.91 Å². The zero-order valence-corrected chi connectivity index (χ0v) is 19.3. The van der Waals surface area contributed by atoms with Crippen molar-refractivity contribution in [3.63, 3.8) is 0 Å². The molecule has 2 aromatic heterocycles. The summed E-state index contributed by atoms with van der Waals surface area (Å²) in [7, 11) is 0. The van der Waals surface area contributed by atoms with E-state index in [4.69, 9.17) is 9.15 Å². The Hall–Kier alpha value is -2.65. The van der Waals surface area contributed by atoms with Crippen LogP contribution in [0.3, 0.4) is 0 Å². The van der Waals surface area contributed by atoms with Crippen LogP contribution < -0.4 is 5.32 Å². The quantitative estimate of drug-likeness (QED) is 0.668. The molecule has 1 atom stereocenters. The summed E-state index contributed by atoms with van der Waals surface area (Å²) in [5, 5.41) is 3.56. The lowest BCUT2D eigenvalue weighted by molar-refractivity contribution is -0.117. The largest absolute Gasteiger partial charge is 0.462 e. The molecule has 0 radical (unpaired) electrons. The molecule has 2 aliphatic rings. The van der Waals surface area contributed by atoms with Gasteiger partial charge in [0, 0.05) is 31.1 Å². The molecule has 2 aromatic rings. The lowest BCUT2D eigenvalue weighted by Crippen LogP contribution is -2.50. The van der Waals surface area contributed by atoms with Gasteiger partial charge in [-0.2, -0.15) is 0 Å². The molecule has 1 unspecified atom stereocenters. The molecule has 1 aliphatic heterocycles. The SMILES string of the molecule is CCOC(=O)c1c(NC(=O)CN2CCN(C(=O)c3ccco3)CC2)sc2c1CCC(C)C2. The smallest absolute Gasteiger partial charge is 0.341 e. The number of hydrogen-bond donors (Lipinski definition) is 1. The number of carbonyl (C=O) groups excluding carboxylic acids is 3. The average molecular weight is 460 g/mol. The van der Waals surface area contributed by atoms with Crippen LogP contribution in [0.2, 0.25) is 0 Å². The lowest BCUT2D eigenvalue weighted by Gasteiger charge is -2.33. The van der Waals surface area contributed by atoms with Crippen molar-refractivity contribution in [1.82, 2.24) is 9.80 Å². The highest BCUT2D eigenvalue weighted by molar-refractivity contribution is 7.17. The van der Waals surface area contributed by atoms with E-state index in [0.717, 1.165) is 24.8 Å². The number of esters is 1. The van der Waals surface area contributed by atoms with Crippen LogP contribution in [0.5, 0.6) is 0 Å². The van der Waals surface area contributed by atoms with Gasteiger partial charge in [0.15, 0.2) is 5.76 Å². The molecule has 1 aliphatic carbocycles. The highest BCUT2D eigenvalue weighted by Gasteiger charge is 2.30. The van der Waals surface area contributed by atoms with Gasteiger partial charge in [-0.1, -0.05) is 6.92 Å². The van der Waals surface area contributed by atoms with Gasteiger partial charge in [-0.25, -0.2) is 4.79 Å². The van der Waals surface area contributed by atoms with Crippen molar-refractivity contribution in [2.45, 2.75) is 33.1 Å². The van der Waals surface area contributed by atoms with Gasteiger partial charge in [0.2, 0.25) is 5.91 Å². The number of anilines is 1. The fourth-order valence-corrected chi connectivity index (χ4v) is 5.71. The predicted molar refractivity (Wildman–Crippen MR) is 121 cm³/mol. The Bertz CT molecular complexity index is 976. The number of furan rings is 1. The molecule has 0 aromatic carbocycles. The molecule has 8 nitrogen and oxygen atoms in total. The fraction of sp³-hybridized carbons (Fsp3) is 0.522. The van der Waals surface area contributed by atoms with Gasteiger partial charge in [0.1, 0.15) is 5.00 Å². The molecule has 32 heavy (non-hydrogen) atoms. The number of piperazine rings is 1. The van der Waals surface area contributed by atoms with E-state index in [1.807, 2.05) is 4.90 Å². The maximum absolute atomic E-state index is 12.8. The van der Waals surface area contributed by atoms with Crippen LogP contribution in [0.1, 0.15) is 51.6 Å². The van der Waals surface area contributed by atoms with Crippen LogP contribution in [0.15, 0.2) is 22.8 Å². The predicted octanol–water partition coefficient (Wildman–Crippen LogP) is 3.04. The Morgan fingerprint density at radius 3 is 2.72 bits per heavy atom. The van der Waals surface area contributed by atoms with Gasteiger partial charge in [-0.05, 0) is 49.8 Å². The first kappa shape index (κ1) is 22.5. The summed E-state index contributed by atoms with van der Waals surface area (Å²) in [6.45, 7) is 6.77. The Morgan fingerprint density at radius 2 is 2.03 bits per heavy atom. The molecular weight excluding hydrogens is 430 g/mol. The number of nitrogens with zero attached hydrogens (tertiary/aromatic N) is 2. The third-order valence-electron chi connectivity index (χ3n) is 6.00. The van der Waals surface area contributed by atoms with E-state index >= 15 is 0 Å². The molecule has 1 N–H and O–H groups in total.